The van der Waals surface area contributed by atoms with E-state index < -0.39 is 0 Å². The van der Waals surface area contributed by atoms with Crippen LogP contribution in [-0.4, -0.2) is 73.2 Å². The van der Waals surface area contributed by atoms with Gasteiger partial charge in [-0.1, -0.05) is 31.8 Å². The third kappa shape index (κ3) is 5.25. The number of rotatable bonds is 6. The van der Waals surface area contributed by atoms with Crippen molar-refractivity contribution in [2.45, 2.75) is 77.2 Å². The Kier molecular flexibility index (Phi) is 6.81. The second-order valence-electron chi connectivity index (χ2n) is 12.5. The SMILES string of the molecule is CC(c1nc(C2CN(C(=O)c3cncs3)CC23CN(C=O)C3)no1)n1cc(C2CCCC2)cn1.CC1(C)CC1. The maximum Gasteiger partial charge on any atom is 0.265 e. The smallest absolute Gasteiger partial charge is 0.265 e. The van der Waals surface area contributed by atoms with Crippen molar-refractivity contribution in [3.63, 3.8) is 0 Å². The zero-order chi connectivity index (χ0) is 27.2. The van der Waals surface area contributed by atoms with Crippen LogP contribution in [0.1, 0.15) is 104 Å². The highest BCUT2D eigenvalue weighted by Gasteiger charge is 2.57. The number of thiazole rings is 1. The quantitative estimate of drug-likeness (QED) is 0.415. The number of aromatic nitrogens is 5. The molecule has 7 rings (SSSR count). The van der Waals surface area contributed by atoms with Gasteiger partial charge in [0.15, 0.2) is 5.82 Å². The van der Waals surface area contributed by atoms with Gasteiger partial charge in [0, 0.05) is 37.8 Å². The van der Waals surface area contributed by atoms with Crippen LogP contribution in [0.3, 0.4) is 0 Å². The van der Waals surface area contributed by atoms with Crippen molar-refractivity contribution in [3.05, 3.63) is 46.3 Å². The molecule has 10 nitrogen and oxygen atoms in total. The van der Waals surface area contributed by atoms with Crippen molar-refractivity contribution in [1.29, 1.82) is 0 Å². The van der Waals surface area contributed by atoms with E-state index in [0.29, 0.717) is 48.7 Å². The lowest BCUT2D eigenvalue weighted by atomic mass is 9.71. The predicted molar refractivity (Wildman–Crippen MR) is 145 cm³/mol. The van der Waals surface area contributed by atoms with Gasteiger partial charge < -0.3 is 14.3 Å². The van der Waals surface area contributed by atoms with Crippen LogP contribution in [0.25, 0.3) is 0 Å². The molecule has 4 fully saturated rings. The molecule has 208 valence electrons. The fourth-order valence-electron chi connectivity index (χ4n) is 6.07. The Morgan fingerprint density at radius 3 is 2.56 bits per heavy atom. The molecule has 3 aromatic heterocycles. The molecule has 2 atom stereocenters. The molecule has 2 saturated heterocycles. The minimum atomic E-state index is -0.257. The lowest BCUT2D eigenvalue weighted by Gasteiger charge is -2.48. The predicted octanol–water partition coefficient (Wildman–Crippen LogP) is 4.49. The number of nitrogens with zero attached hydrogens (tertiary/aromatic N) is 7. The number of carbonyl (C=O) groups excluding carboxylic acids is 2. The van der Waals surface area contributed by atoms with Crippen LogP contribution in [0.15, 0.2) is 28.6 Å². The van der Waals surface area contributed by atoms with Gasteiger partial charge in [0.2, 0.25) is 6.41 Å². The molecule has 0 aromatic carbocycles. The van der Waals surface area contributed by atoms with Crippen LogP contribution in [0.2, 0.25) is 0 Å². The molecule has 5 heterocycles. The molecule has 0 radical (unpaired) electrons. The van der Waals surface area contributed by atoms with E-state index in [9.17, 15) is 9.59 Å². The summed E-state index contributed by atoms with van der Waals surface area (Å²) in [5.41, 5.74) is 3.43. The van der Waals surface area contributed by atoms with Crippen LogP contribution >= 0.6 is 11.3 Å². The first-order chi connectivity index (χ1) is 18.8. The largest absolute Gasteiger partial charge is 0.344 e. The molecule has 3 aromatic rings. The summed E-state index contributed by atoms with van der Waals surface area (Å²) in [6.45, 7) is 8.81. The molecule has 11 heteroatoms. The van der Waals surface area contributed by atoms with Crippen LogP contribution < -0.4 is 0 Å². The minimum Gasteiger partial charge on any atom is -0.344 e. The highest BCUT2D eigenvalue weighted by atomic mass is 32.1. The number of carbonyl (C=O) groups is 2. The summed E-state index contributed by atoms with van der Waals surface area (Å²) in [4.78, 5) is 37.3. The van der Waals surface area contributed by atoms with Crippen molar-refractivity contribution >= 4 is 23.7 Å². The van der Waals surface area contributed by atoms with Gasteiger partial charge in [-0.3, -0.25) is 19.3 Å². The molecule has 4 aliphatic rings. The zero-order valence-corrected chi connectivity index (χ0v) is 23.8. The monoisotopic (exact) mass is 551 g/mol. The molecule has 39 heavy (non-hydrogen) atoms. The van der Waals surface area contributed by atoms with Crippen LogP contribution in [-0.2, 0) is 4.79 Å². The third-order valence-electron chi connectivity index (χ3n) is 8.98. The number of hydrogen-bond donors (Lipinski definition) is 0. The van der Waals surface area contributed by atoms with Crippen LogP contribution in [0.4, 0.5) is 0 Å². The Bertz CT molecular complexity index is 1300. The summed E-state index contributed by atoms with van der Waals surface area (Å²) >= 11 is 1.33. The average molecular weight is 552 g/mol. The molecular weight excluding hydrogens is 514 g/mol. The van der Waals surface area contributed by atoms with E-state index in [4.69, 9.17) is 9.51 Å². The van der Waals surface area contributed by atoms with Crippen LogP contribution in [0, 0.1) is 10.8 Å². The number of likely N-dealkylation sites (tertiary alicyclic amines) is 2. The molecule has 2 aliphatic carbocycles. The highest BCUT2D eigenvalue weighted by molar-refractivity contribution is 7.11. The van der Waals surface area contributed by atoms with Gasteiger partial charge in [0.25, 0.3) is 11.8 Å². The van der Waals surface area contributed by atoms with E-state index in [0.717, 1.165) is 11.8 Å². The Labute approximate surface area is 232 Å². The summed E-state index contributed by atoms with van der Waals surface area (Å²) in [5.74, 6) is 1.55. The Morgan fingerprint density at radius 1 is 1.18 bits per heavy atom. The minimum absolute atomic E-state index is 0.0398. The number of hydrogen-bond acceptors (Lipinski definition) is 8. The highest BCUT2D eigenvalue weighted by Crippen LogP contribution is 2.48. The van der Waals surface area contributed by atoms with Gasteiger partial charge in [-0.15, -0.1) is 11.3 Å². The van der Waals surface area contributed by atoms with E-state index in [1.165, 1.54) is 55.4 Å². The number of amides is 2. The van der Waals surface area contributed by atoms with Crippen molar-refractivity contribution in [2.75, 3.05) is 26.2 Å². The summed E-state index contributed by atoms with van der Waals surface area (Å²) in [7, 11) is 0. The normalized spacial score (nSPS) is 23.8. The fraction of sp³-hybridized carbons (Fsp3) is 0.643. The first kappa shape index (κ1) is 26.2. The van der Waals surface area contributed by atoms with Crippen molar-refractivity contribution in [1.82, 2.24) is 34.7 Å². The average Bonchev–Trinajstić information content (AvgIpc) is 3.63. The second kappa shape index (κ2) is 10.1. The molecule has 0 bridgehead atoms. The standard InChI is InChI=1S/C23H27N7O3S.C5H10/c1-15(30-8-17(6-25-30)16-4-2-3-5-16)21-26-20(27-33-21)18-9-29(22(32)19-7-24-13-34-19)12-23(18)10-28(11-23)14-31;1-5(2)3-4-5/h6-8,13-16,18H,2-5,9-12H2,1H3;3-4H2,1-2H3. The van der Waals surface area contributed by atoms with Crippen LogP contribution in [0.5, 0.6) is 0 Å². The van der Waals surface area contributed by atoms with Gasteiger partial charge in [-0.2, -0.15) is 10.1 Å². The molecular formula is C28H37N7O3S. The molecule has 0 N–H and O–H groups in total. The van der Waals surface area contributed by atoms with E-state index in [1.807, 2.05) is 22.7 Å². The first-order valence-corrected chi connectivity index (χ1v) is 14.9. The third-order valence-corrected chi connectivity index (χ3v) is 9.75. The Morgan fingerprint density at radius 2 is 1.92 bits per heavy atom. The molecule has 2 unspecified atom stereocenters. The maximum atomic E-state index is 13.0. The summed E-state index contributed by atoms with van der Waals surface area (Å²) in [6.07, 6.45) is 14.4. The van der Waals surface area contributed by atoms with Gasteiger partial charge in [-0.25, -0.2) is 0 Å². The topological polar surface area (TPSA) is 110 Å². The Hall–Kier alpha value is -3.08. The molecule has 2 amide bonds. The molecule has 1 spiro atoms. The summed E-state index contributed by atoms with van der Waals surface area (Å²) in [5, 5.41) is 8.90. The molecule has 2 saturated carbocycles. The lowest BCUT2D eigenvalue weighted by Crippen LogP contribution is -2.59. The summed E-state index contributed by atoms with van der Waals surface area (Å²) < 4.78 is 7.59. The van der Waals surface area contributed by atoms with Gasteiger partial charge in [-0.05, 0) is 49.5 Å². The lowest BCUT2D eigenvalue weighted by molar-refractivity contribution is -0.129. The first-order valence-electron chi connectivity index (χ1n) is 14.0. The van der Waals surface area contributed by atoms with E-state index in [2.05, 4.69) is 35.3 Å². The van der Waals surface area contributed by atoms with E-state index in [-0.39, 0.29) is 23.3 Å². The van der Waals surface area contributed by atoms with Crippen molar-refractivity contribution < 1.29 is 14.1 Å². The molecule has 2 aliphatic heterocycles. The summed E-state index contributed by atoms with van der Waals surface area (Å²) in [6, 6.07) is -0.184. The van der Waals surface area contributed by atoms with Crippen molar-refractivity contribution in [2.24, 2.45) is 10.8 Å². The second-order valence-corrected chi connectivity index (χ2v) is 13.4. The van der Waals surface area contributed by atoms with E-state index in [1.54, 1.807) is 16.6 Å². The Balaban J connectivity index is 0.000000500. The fourth-order valence-corrected chi connectivity index (χ4v) is 6.66. The zero-order valence-electron chi connectivity index (χ0n) is 23.0. The van der Waals surface area contributed by atoms with Crippen molar-refractivity contribution in [3.8, 4) is 0 Å². The van der Waals surface area contributed by atoms with Gasteiger partial charge in [0.1, 0.15) is 10.9 Å². The van der Waals surface area contributed by atoms with E-state index >= 15 is 0 Å². The van der Waals surface area contributed by atoms with Gasteiger partial charge in [0.05, 0.1) is 23.8 Å². The van der Waals surface area contributed by atoms with Gasteiger partial charge >= 0.3 is 0 Å². The maximum absolute atomic E-state index is 13.0.